The summed E-state index contributed by atoms with van der Waals surface area (Å²) in [5.74, 6) is 0.396. The molecule has 0 radical (unpaired) electrons. The first kappa shape index (κ1) is 17.2. The van der Waals surface area contributed by atoms with E-state index < -0.39 is 0 Å². The molecule has 1 aliphatic heterocycles. The first-order valence-electron chi connectivity index (χ1n) is 8.99. The molecule has 1 amide bonds. The maximum absolute atomic E-state index is 12.9. The van der Waals surface area contributed by atoms with E-state index >= 15 is 0 Å². The van der Waals surface area contributed by atoms with Crippen molar-refractivity contribution >= 4 is 11.7 Å². The average Bonchev–Trinajstić information content (AvgIpc) is 2.73. The average molecular weight is 361 g/mol. The van der Waals surface area contributed by atoms with E-state index in [0.29, 0.717) is 12.1 Å². The molecular formula is C22H20FN3O. The van der Waals surface area contributed by atoms with Crippen LogP contribution in [0.25, 0.3) is 0 Å². The fourth-order valence-electron chi connectivity index (χ4n) is 3.29. The summed E-state index contributed by atoms with van der Waals surface area (Å²) in [5.41, 5.74) is 4.08. The summed E-state index contributed by atoms with van der Waals surface area (Å²) in [6.07, 6.45) is 2.60. The Kier molecular flexibility index (Phi) is 4.83. The quantitative estimate of drug-likeness (QED) is 0.770. The molecule has 0 spiro atoms. The number of carbonyl (C=O) groups is 1. The number of aromatic nitrogens is 1. The van der Waals surface area contributed by atoms with E-state index in [4.69, 9.17) is 0 Å². The number of hydrogen-bond donors (Lipinski definition) is 1. The Balaban J connectivity index is 1.38. The van der Waals surface area contributed by atoms with E-state index in [-0.39, 0.29) is 11.7 Å². The standard InChI is InChI=1S/C22H20FN3O/c23-20-8-5-16(6-9-20)13-25-22(27)18-7-10-21(24-14-18)26-12-11-17-3-1-2-4-19(17)15-26/h1-10,14H,11-13,15H2,(H,25,27). The van der Waals surface area contributed by atoms with Crippen LogP contribution in [0.5, 0.6) is 0 Å². The highest BCUT2D eigenvalue weighted by Crippen LogP contribution is 2.23. The fraction of sp³-hybridized carbons (Fsp3) is 0.182. The van der Waals surface area contributed by atoms with E-state index in [1.807, 2.05) is 6.07 Å². The molecule has 136 valence electrons. The molecule has 3 aromatic rings. The minimum atomic E-state index is -0.287. The monoisotopic (exact) mass is 361 g/mol. The van der Waals surface area contributed by atoms with E-state index in [9.17, 15) is 9.18 Å². The summed E-state index contributed by atoms with van der Waals surface area (Å²) < 4.78 is 12.9. The summed E-state index contributed by atoms with van der Waals surface area (Å²) in [6, 6.07) is 18.2. The van der Waals surface area contributed by atoms with Gasteiger partial charge in [-0.1, -0.05) is 36.4 Å². The van der Waals surface area contributed by atoms with Gasteiger partial charge < -0.3 is 10.2 Å². The van der Waals surface area contributed by atoms with Crippen LogP contribution in [0.3, 0.4) is 0 Å². The minimum Gasteiger partial charge on any atom is -0.352 e. The lowest BCUT2D eigenvalue weighted by Crippen LogP contribution is -2.31. The summed E-state index contributed by atoms with van der Waals surface area (Å²) in [5, 5.41) is 2.83. The maximum atomic E-state index is 12.9. The normalized spacial score (nSPS) is 13.1. The number of nitrogens with one attached hydrogen (secondary N) is 1. The topological polar surface area (TPSA) is 45.2 Å². The molecule has 1 aliphatic rings. The van der Waals surface area contributed by atoms with Crippen LogP contribution < -0.4 is 10.2 Å². The van der Waals surface area contributed by atoms with E-state index in [1.165, 1.54) is 23.3 Å². The van der Waals surface area contributed by atoms with Gasteiger partial charge in [-0.3, -0.25) is 4.79 Å². The molecule has 5 heteroatoms. The molecule has 4 rings (SSSR count). The number of rotatable bonds is 4. The zero-order valence-corrected chi connectivity index (χ0v) is 14.9. The number of halogens is 1. The fourth-order valence-corrected chi connectivity index (χ4v) is 3.29. The van der Waals surface area contributed by atoms with Crippen LogP contribution in [0.2, 0.25) is 0 Å². The van der Waals surface area contributed by atoms with Crippen LogP contribution in [-0.2, 0) is 19.5 Å². The molecule has 0 fully saturated rings. The van der Waals surface area contributed by atoms with Gasteiger partial charge in [-0.25, -0.2) is 9.37 Å². The Morgan fingerprint density at radius 2 is 1.81 bits per heavy atom. The number of nitrogens with zero attached hydrogens (tertiary/aromatic N) is 2. The Morgan fingerprint density at radius 3 is 2.56 bits per heavy atom. The predicted molar refractivity (Wildman–Crippen MR) is 103 cm³/mol. The van der Waals surface area contributed by atoms with E-state index in [2.05, 4.69) is 39.5 Å². The highest BCUT2D eigenvalue weighted by molar-refractivity contribution is 5.94. The number of fused-ring (bicyclic) bond motifs is 1. The molecule has 0 bridgehead atoms. The first-order valence-corrected chi connectivity index (χ1v) is 8.99. The van der Waals surface area contributed by atoms with Crippen molar-refractivity contribution in [2.45, 2.75) is 19.5 Å². The highest BCUT2D eigenvalue weighted by Gasteiger charge is 2.17. The Hall–Kier alpha value is -3.21. The molecule has 27 heavy (non-hydrogen) atoms. The smallest absolute Gasteiger partial charge is 0.253 e. The van der Waals surface area contributed by atoms with E-state index in [1.54, 1.807) is 24.4 Å². The van der Waals surface area contributed by atoms with Crippen LogP contribution in [0, 0.1) is 5.82 Å². The number of hydrogen-bond acceptors (Lipinski definition) is 3. The first-order chi connectivity index (χ1) is 13.2. The summed E-state index contributed by atoms with van der Waals surface area (Å²) in [6.45, 7) is 2.10. The van der Waals surface area contributed by atoms with Crippen molar-refractivity contribution in [2.75, 3.05) is 11.4 Å². The van der Waals surface area contributed by atoms with Gasteiger partial charge in [0.15, 0.2) is 0 Å². The summed E-state index contributed by atoms with van der Waals surface area (Å²) in [7, 11) is 0. The lowest BCUT2D eigenvalue weighted by Gasteiger charge is -2.29. The Morgan fingerprint density at radius 1 is 1.04 bits per heavy atom. The second-order valence-electron chi connectivity index (χ2n) is 6.65. The van der Waals surface area contributed by atoms with Crippen molar-refractivity contribution in [3.05, 3.63) is 94.9 Å². The van der Waals surface area contributed by atoms with Crippen LogP contribution in [0.1, 0.15) is 27.0 Å². The van der Waals surface area contributed by atoms with E-state index in [0.717, 1.165) is 30.9 Å². The van der Waals surface area contributed by atoms with Gasteiger partial charge in [0.25, 0.3) is 5.91 Å². The number of benzene rings is 2. The van der Waals surface area contributed by atoms with Crippen molar-refractivity contribution in [3.8, 4) is 0 Å². The minimum absolute atomic E-state index is 0.192. The third kappa shape index (κ3) is 3.97. The Labute approximate surface area is 157 Å². The van der Waals surface area contributed by atoms with Crippen molar-refractivity contribution in [3.63, 3.8) is 0 Å². The number of anilines is 1. The van der Waals surface area contributed by atoms with Gasteiger partial charge in [0.1, 0.15) is 11.6 Å². The zero-order chi connectivity index (χ0) is 18.6. The van der Waals surface area contributed by atoms with Crippen molar-refractivity contribution in [1.82, 2.24) is 10.3 Å². The second kappa shape index (κ2) is 7.58. The molecule has 0 aliphatic carbocycles. The second-order valence-corrected chi connectivity index (χ2v) is 6.65. The molecule has 0 saturated carbocycles. The Bertz CT molecular complexity index is 939. The lowest BCUT2D eigenvalue weighted by molar-refractivity contribution is 0.0950. The van der Waals surface area contributed by atoms with Gasteiger partial charge >= 0.3 is 0 Å². The number of carbonyl (C=O) groups excluding carboxylic acids is 1. The third-order valence-electron chi connectivity index (χ3n) is 4.83. The van der Waals surface area contributed by atoms with Gasteiger partial charge in [-0.05, 0) is 47.4 Å². The highest BCUT2D eigenvalue weighted by atomic mass is 19.1. The SMILES string of the molecule is O=C(NCc1ccc(F)cc1)c1ccc(N2CCc3ccccc3C2)nc1. The molecular weight excluding hydrogens is 341 g/mol. The molecule has 4 nitrogen and oxygen atoms in total. The molecule has 2 heterocycles. The van der Waals surface area contributed by atoms with Crippen LogP contribution >= 0.6 is 0 Å². The van der Waals surface area contributed by atoms with Gasteiger partial charge in [0.2, 0.25) is 0 Å². The molecule has 1 aromatic heterocycles. The van der Waals surface area contributed by atoms with Gasteiger partial charge in [-0.2, -0.15) is 0 Å². The summed E-state index contributed by atoms with van der Waals surface area (Å²) in [4.78, 5) is 19.0. The van der Waals surface area contributed by atoms with Gasteiger partial charge in [0, 0.05) is 25.8 Å². The lowest BCUT2D eigenvalue weighted by atomic mass is 10.00. The number of pyridine rings is 1. The van der Waals surface area contributed by atoms with Crippen molar-refractivity contribution in [1.29, 1.82) is 0 Å². The third-order valence-corrected chi connectivity index (χ3v) is 4.83. The molecule has 0 unspecified atom stereocenters. The predicted octanol–water partition coefficient (Wildman–Crippen LogP) is 3.71. The van der Waals surface area contributed by atoms with Crippen LogP contribution in [0.4, 0.5) is 10.2 Å². The zero-order valence-electron chi connectivity index (χ0n) is 14.9. The molecule has 1 N–H and O–H groups in total. The largest absolute Gasteiger partial charge is 0.352 e. The van der Waals surface area contributed by atoms with Crippen LogP contribution in [0.15, 0.2) is 66.9 Å². The van der Waals surface area contributed by atoms with Crippen molar-refractivity contribution in [2.24, 2.45) is 0 Å². The molecule has 0 saturated heterocycles. The molecule has 2 aromatic carbocycles. The maximum Gasteiger partial charge on any atom is 0.253 e. The van der Waals surface area contributed by atoms with Crippen molar-refractivity contribution < 1.29 is 9.18 Å². The number of amides is 1. The molecule has 0 atom stereocenters. The van der Waals surface area contributed by atoms with Crippen LogP contribution in [-0.4, -0.2) is 17.4 Å². The van der Waals surface area contributed by atoms with Gasteiger partial charge in [-0.15, -0.1) is 0 Å². The van der Waals surface area contributed by atoms with Gasteiger partial charge in [0.05, 0.1) is 5.56 Å². The summed E-state index contributed by atoms with van der Waals surface area (Å²) >= 11 is 0.